The lowest BCUT2D eigenvalue weighted by Crippen LogP contribution is -2.39. The van der Waals surface area contributed by atoms with Gasteiger partial charge in [-0.3, -0.25) is 0 Å². The van der Waals surface area contributed by atoms with Crippen molar-refractivity contribution in [3.63, 3.8) is 0 Å². The Hall–Kier alpha value is -3.35. The van der Waals surface area contributed by atoms with Crippen LogP contribution in [0.25, 0.3) is 11.4 Å². The molecule has 1 fully saturated rings. The van der Waals surface area contributed by atoms with E-state index in [-0.39, 0.29) is 12.1 Å². The number of rotatable bonds is 5. The van der Waals surface area contributed by atoms with Gasteiger partial charge in [0.2, 0.25) is 5.95 Å². The molecule has 1 aliphatic rings. The van der Waals surface area contributed by atoms with E-state index < -0.39 is 0 Å². The van der Waals surface area contributed by atoms with Gasteiger partial charge < -0.3 is 20.9 Å². The Bertz CT molecular complexity index is 918. The van der Waals surface area contributed by atoms with Crippen LogP contribution in [0.15, 0.2) is 54.9 Å². The number of hydrogen-bond acceptors (Lipinski definition) is 4. The molecule has 7 nitrogen and oxygen atoms in total. The first-order valence-electron chi connectivity index (χ1n) is 9.68. The molecule has 4 N–H and O–H groups in total. The summed E-state index contributed by atoms with van der Waals surface area (Å²) in [5.74, 6) is 0.496. The van der Waals surface area contributed by atoms with Gasteiger partial charge in [0.05, 0.1) is 11.4 Å². The number of nitrogens with one attached hydrogen (secondary N) is 4. The normalized spacial score (nSPS) is 14.4. The molecule has 2 heterocycles. The summed E-state index contributed by atoms with van der Waals surface area (Å²) in [6.07, 6.45) is 9.33. The number of aromatic nitrogens is 3. The second-order valence-corrected chi connectivity index (χ2v) is 6.99. The van der Waals surface area contributed by atoms with Crippen molar-refractivity contribution in [2.45, 2.75) is 38.1 Å². The van der Waals surface area contributed by atoms with Crippen molar-refractivity contribution in [2.75, 3.05) is 10.6 Å². The Kier molecular flexibility index (Phi) is 5.51. The lowest BCUT2D eigenvalue weighted by molar-refractivity contribution is 0.244. The summed E-state index contributed by atoms with van der Waals surface area (Å²) < 4.78 is 0. The average molecular weight is 376 g/mol. The molecule has 0 atom stereocenters. The van der Waals surface area contributed by atoms with Crippen LogP contribution in [-0.4, -0.2) is 27.0 Å². The molecule has 0 spiro atoms. The highest BCUT2D eigenvalue weighted by Gasteiger charge is 2.15. The summed E-state index contributed by atoms with van der Waals surface area (Å²) in [5.41, 5.74) is 3.27. The van der Waals surface area contributed by atoms with Gasteiger partial charge in [-0.1, -0.05) is 25.3 Å². The molecule has 7 heteroatoms. The van der Waals surface area contributed by atoms with Crippen molar-refractivity contribution >= 4 is 23.4 Å². The van der Waals surface area contributed by atoms with Gasteiger partial charge in [-0.05, 0) is 49.2 Å². The maximum atomic E-state index is 12.3. The van der Waals surface area contributed by atoms with Gasteiger partial charge in [-0.15, -0.1) is 0 Å². The van der Waals surface area contributed by atoms with E-state index in [2.05, 4.69) is 30.9 Å². The predicted molar refractivity (Wildman–Crippen MR) is 111 cm³/mol. The van der Waals surface area contributed by atoms with Crippen LogP contribution in [0.4, 0.5) is 22.1 Å². The maximum absolute atomic E-state index is 12.3. The van der Waals surface area contributed by atoms with Crippen molar-refractivity contribution in [1.82, 2.24) is 20.3 Å². The van der Waals surface area contributed by atoms with Crippen molar-refractivity contribution in [2.24, 2.45) is 0 Å². The van der Waals surface area contributed by atoms with Gasteiger partial charge >= 0.3 is 6.03 Å². The van der Waals surface area contributed by atoms with E-state index >= 15 is 0 Å². The Morgan fingerprint density at radius 2 is 1.89 bits per heavy atom. The Morgan fingerprint density at radius 1 is 1.04 bits per heavy atom. The third kappa shape index (κ3) is 4.68. The Balaban J connectivity index is 1.40. The van der Waals surface area contributed by atoms with E-state index in [0.29, 0.717) is 5.95 Å². The van der Waals surface area contributed by atoms with Crippen molar-refractivity contribution in [3.8, 4) is 11.4 Å². The summed E-state index contributed by atoms with van der Waals surface area (Å²) >= 11 is 0. The van der Waals surface area contributed by atoms with Crippen LogP contribution >= 0.6 is 0 Å². The van der Waals surface area contributed by atoms with Crippen LogP contribution in [0.1, 0.15) is 32.1 Å². The van der Waals surface area contributed by atoms with Crippen LogP contribution in [0, 0.1) is 0 Å². The zero-order valence-electron chi connectivity index (χ0n) is 15.6. The number of urea groups is 1. The number of carbonyl (C=O) groups is 1. The third-order valence-electron chi connectivity index (χ3n) is 4.85. The topological polar surface area (TPSA) is 94.7 Å². The molecule has 4 rings (SSSR count). The molecule has 1 aliphatic carbocycles. The fraction of sp³-hybridized carbons (Fsp3) is 0.286. The van der Waals surface area contributed by atoms with Gasteiger partial charge in [0, 0.05) is 29.8 Å². The summed E-state index contributed by atoms with van der Waals surface area (Å²) in [4.78, 5) is 24.2. The number of hydrogen-bond donors (Lipinski definition) is 4. The summed E-state index contributed by atoms with van der Waals surface area (Å²) in [7, 11) is 0. The predicted octanol–water partition coefficient (Wildman–Crippen LogP) is 4.67. The molecule has 144 valence electrons. The molecule has 1 saturated carbocycles. The fourth-order valence-electron chi connectivity index (χ4n) is 3.46. The molecule has 3 aromatic rings. The summed E-state index contributed by atoms with van der Waals surface area (Å²) in [6, 6.07) is 13.4. The fourth-order valence-corrected chi connectivity index (χ4v) is 3.46. The number of amides is 2. The average Bonchev–Trinajstić information content (AvgIpc) is 3.24. The van der Waals surface area contributed by atoms with Gasteiger partial charge in [0.1, 0.15) is 0 Å². The molecule has 1 aromatic carbocycles. The van der Waals surface area contributed by atoms with Gasteiger partial charge in [-0.25, -0.2) is 14.8 Å². The standard InChI is InChI=1S/C21H24N6O/c28-21(25-15-6-2-1-3-7-15)26-17-9-4-8-16(14-17)24-20-23-13-11-19(27-20)18-10-5-12-22-18/h4-5,8-15,22H,1-3,6-7H2,(H,23,24,27)(H2,25,26,28). The Morgan fingerprint density at radius 3 is 2.71 bits per heavy atom. The van der Waals surface area contributed by atoms with Gasteiger partial charge in [-0.2, -0.15) is 0 Å². The van der Waals surface area contributed by atoms with Crippen LogP contribution in [-0.2, 0) is 0 Å². The SMILES string of the molecule is O=C(Nc1cccc(Nc2nccc(-c3ccc[nH]3)n2)c1)NC1CCCCC1. The van der Waals surface area contributed by atoms with E-state index in [1.54, 1.807) is 6.20 Å². The molecule has 2 aromatic heterocycles. The molecular weight excluding hydrogens is 352 g/mol. The molecular formula is C21H24N6O. The third-order valence-corrected chi connectivity index (χ3v) is 4.85. The maximum Gasteiger partial charge on any atom is 0.319 e. The molecule has 0 bridgehead atoms. The van der Waals surface area contributed by atoms with Crippen molar-refractivity contribution in [1.29, 1.82) is 0 Å². The van der Waals surface area contributed by atoms with Crippen molar-refractivity contribution in [3.05, 3.63) is 54.9 Å². The second-order valence-electron chi connectivity index (χ2n) is 6.99. The van der Waals surface area contributed by atoms with Gasteiger partial charge in [0.25, 0.3) is 0 Å². The van der Waals surface area contributed by atoms with E-state index in [9.17, 15) is 4.79 Å². The molecule has 0 radical (unpaired) electrons. The zero-order valence-corrected chi connectivity index (χ0v) is 15.6. The molecule has 2 amide bonds. The lowest BCUT2D eigenvalue weighted by atomic mass is 9.96. The first-order chi connectivity index (χ1) is 13.8. The van der Waals surface area contributed by atoms with Crippen LogP contribution in [0.5, 0.6) is 0 Å². The van der Waals surface area contributed by atoms with Crippen LogP contribution < -0.4 is 16.0 Å². The van der Waals surface area contributed by atoms with Crippen LogP contribution in [0.2, 0.25) is 0 Å². The number of benzene rings is 1. The Labute approximate surface area is 164 Å². The lowest BCUT2D eigenvalue weighted by Gasteiger charge is -2.22. The van der Waals surface area contributed by atoms with Crippen LogP contribution in [0.3, 0.4) is 0 Å². The number of carbonyl (C=O) groups excluding carboxylic acids is 1. The molecule has 0 aliphatic heterocycles. The second kappa shape index (κ2) is 8.56. The number of H-pyrrole nitrogens is 1. The van der Waals surface area contributed by atoms with Crippen molar-refractivity contribution < 1.29 is 4.79 Å². The molecule has 0 unspecified atom stereocenters. The number of anilines is 3. The largest absolute Gasteiger partial charge is 0.360 e. The quantitative estimate of drug-likeness (QED) is 0.520. The van der Waals surface area contributed by atoms with Gasteiger partial charge in [0.15, 0.2) is 0 Å². The highest BCUT2D eigenvalue weighted by molar-refractivity contribution is 5.90. The summed E-state index contributed by atoms with van der Waals surface area (Å²) in [6.45, 7) is 0. The highest BCUT2D eigenvalue weighted by Crippen LogP contribution is 2.21. The monoisotopic (exact) mass is 376 g/mol. The molecule has 0 saturated heterocycles. The highest BCUT2D eigenvalue weighted by atomic mass is 16.2. The smallest absolute Gasteiger partial charge is 0.319 e. The minimum Gasteiger partial charge on any atom is -0.360 e. The molecule has 28 heavy (non-hydrogen) atoms. The first-order valence-corrected chi connectivity index (χ1v) is 9.68. The van der Waals surface area contributed by atoms with E-state index in [4.69, 9.17) is 0 Å². The zero-order chi connectivity index (χ0) is 19.2. The first kappa shape index (κ1) is 18.0. The summed E-state index contributed by atoms with van der Waals surface area (Å²) in [5, 5.41) is 9.17. The minimum atomic E-state index is -0.158. The minimum absolute atomic E-state index is 0.158. The number of aromatic amines is 1. The van der Waals surface area contributed by atoms with E-state index in [1.165, 1.54) is 19.3 Å². The number of nitrogens with zero attached hydrogens (tertiary/aromatic N) is 2. The van der Waals surface area contributed by atoms with E-state index in [0.717, 1.165) is 35.6 Å². The van der Waals surface area contributed by atoms with E-state index in [1.807, 2.05) is 48.7 Å².